The van der Waals surface area contributed by atoms with Crippen LogP contribution in [-0.2, 0) is 34.0 Å². The third kappa shape index (κ3) is 7.07. The number of benzene rings is 3. The summed E-state index contributed by atoms with van der Waals surface area (Å²) in [5.74, 6) is -0.326. The molecule has 4 atom stereocenters. The normalized spacial score (nSPS) is 22.1. The fraction of sp³-hybridized carbons (Fsp3) is 0.387. The molecule has 226 valence electrons. The molecule has 5 nitrogen and oxygen atoms in total. The van der Waals surface area contributed by atoms with Gasteiger partial charge >= 0.3 is 18.4 Å². The Morgan fingerprint density at radius 3 is 2.05 bits per heavy atom. The Bertz CT molecular complexity index is 1320. The first kappa shape index (κ1) is 31.4. The van der Waals surface area contributed by atoms with Crippen molar-refractivity contribution in [1.29, 1.82) is 0 Å². The monoisotopic (exact) mass is 595 g/mol. The van der Waals surface area contributed by atoms with E-state index in [1.165, 1.54) is 11.8 Å². The van der Waals surface area contributed by atoms with E-state index in [1.54, 1.807) is 61.5 Å². The molecule has 3 aromatic carbocycles. The summed E-state index contributed by atoms with van der Waals surface area (Å²) in [4.78, 5) is 14.9. The average molecular weight is 596 g/mol. The molecule has 1 amide bonds. The Kier molecular flexibility index (Phi) is 9.22. The van der Waals surface area contributed by atoms with Gasteiger partial charge in [0.05, 0.1) is 42.0 Å². The van der Waals surface area contributed by atoms with Gasteiger partial charge in [0.1, 0.15) is 6.61 Å². The highest BCUT2D eigenvalue weighted by Crippen LogP contribution is 2.43. The molecule has 42 heavy (non-hydrogen) atoms. The summed E-state index contributed by atoms with van der Waals surface area (Å²) in [6.45, 7) is 2.69. The lowest BCUT2D eigenvalue weighted by atomic mass is 9.75. The van der Waals surface area contributed by atoms with Crippen LogP contribution in [0.4, 0.5) is 31.1 Å². The first-order valence-electron chi connectivity index (χ1n) is 13.3. The van der Waals surface area contributed by atoms with E-state index in [0.29, 0.717) is 17.7 Å². The smallest absolute Gasteiger partial charge is 0.416 e. The van der Waals surface area contributed by atoms with Crippen LogP contribution in [0, 0.1) is 5.92 Å². The van der Waals surface area contributed by atoms with Gasteiger partial charge in [-0.1, -0.05) is 67.6 Å². The zero-order chi connectivity index (χ0) is 30.7. The van der Waals surface area contributed by atoms with Gasteiger partial charge in [-0.2, -0.15) is 26.3 Å². The van der Waals surface area contributed by atoms with Crippen molar-refractivity contribution in [2.24, 2.45) is 5.92 Å². The molecule has 0 aromatic heterocycles. The van der Waals surface area contributed by atoms with E-state index in [1.807, 2.05) is 6.07 Å². The molecule has 1 fully saturated rings. The van der Waals surface area contributed by atoms with Crippen LogP contribution in [0.1, 0.15) is 54.2 Å². The summed E-state index contributed by atoms with van der Waals surface area (Å²) in [5.41, 5.74) is -3.09. The number of ether oxygens (including phenoxy) is 2. The number of β-amino-alcohol motifs (C(OH)–C–C–N with tert-alkyl or cyclic N) is 1. The fourth-order valence-electron chi connectivity index (χ4n) is 5.18. The number of rotatable bonds is 7. The van der Waals surface area contributed by atoms with Crippen molar-refractivity contribution < 1.29 is 45.7 Å². The summed E-state index contributed by atoms with van der Waals surface area (Å²) >= 11 is 0. The van der Waals surface area contributed by atoms with Gasteiger partial charge in [0.15, 0.2) is 0 Å². The second kappa shape index (κ2) is 12.3. The average Bonchev–Trinajstić information content (AvgIpc) is 2.96. The number of hydrogen-bond acceptors (Lipinski definition) is 4. The summed E-state index contributed by atoms with van der Waals surface area (Å²) in [6, 6.07) is 19.0. The zero-order valence-electron chi connectivity index (χ0n) is 23.0. The van der Waals surface area contributed by atoms with Crippen molar-refractivity contribution in [3.05, 3.63) is 107 Å². The SMILES string of the molecule is CC1CC(CO[C@H](C)c2cc(C(F)(F)F)cc(C(F)(F)F)c2)(c2ccccc2)N(C(=O)OCc2ccccc2)CC1O. The lowest BCUT2D eigenvalue weighted by Gasteiger charge is -2.50. The number of likely N-dealkylation sites (tertiary alicyclic amines) is 1. The molecule has 1 heterocycles. The number of carbonyl (C=O) groups excluding carboxylic acids is 1. The molecule has 4 rings (SSSR count). The number of aliphatic hydroxyl groups is 1. The van der Waals surface area contributed by atoms with E-state index in [2.05, 4.69) is 0 Å². The van der Waals surface area contributed by atoms with Crippen LogP contribution in [-0.4, -0.2) is 35.4 Å². The summed E-state index contributed by atoms with van der Waals surface area (Å²) in [6.07, 6.45) is -12.7. The lowest BCUT2D eigenvalue weighted by Crippen LogP contribution is -2.60. The number of amides is 1. The third-order valence-electron chi connectivity index (χ3n) is 7.59. The molecule has 0 aliphatic carbocycles. The molecule has 0 saturated carbocycles. The van der Waals surface area contributed by atoms with Crippen molar-refractivity contribution in [1.82, 2.24) is 4.90 Å². The summed E-state index contributed by atoms with van der Waals surface area (Å²) in [7, 11) is 0. The molecule has 3 aromatic rings. The predicted molar refractivity (Wildman–Crippen MR) is 142 cm³/mol. The van der Waals surface area contributed by atoms with Crippen molar-refractivity contribution in [2.75, 3.05) is 13.2 Å². The van der Waals surface area contributed by atoms with Gasteiger partial charge in [-0.05, 0) is 54.2 Å². The number of aliphatic hydroxyl groups excluding tert-OH is 1. The fourth-order valence-corrected chi connectivity index (χ4v) is 5.18. The van der Waals surface area contributed by atoms with Crippen LogP contribution in [0.5, 0.6) is 0 Å². The molecule has 1 saturated heterocycles. The van der Waals surface area contributed by atoms with Gasteiger partial charge in [-0.15, -0.1) is 0 Å². The molecular formula is C31H31F6NO4. The Balaban J connectivity index is 1.68. The number of halogens is 6. The van der Waals surface area contributed by atoms with E-state index < -0.39 is 47.3 Å². The molecular weight excluding hydrogens is 564 g/mol. The molecule has 0 radical (unpaired) electrons. The highest BCUT2D eigenvalue weighted by atomic mass is 19.4. The quantitative estimate of drug-likeness (QED) is 0.284. The molecule has 3 unspecified atom stereocenters. The van der Waals surface area contributed by atoms with Gasteiger partial charge in [-0.3, -0.25) is 4.90 Å². The van der Waals surface area contributed by atoms with Crippen LogP contribution in [0.2, 0.25) is 0 Å². The number of alkyl halides is 6. The summed E-state index contributed by atoms with van der Waals surface area (Å²) in [5, 5.41) is 10.7. The van der Waals surface area contributed by atoms with E-state index in [9.17, 15) is 36.2 Å². The first-order valence-corrected chi connectivity index (χ1v) is 13.3. The molecule has 1 aliphatic rings. The highest BCUT2D eigenvalue weighted by molar-refractivity contribution is 5.69. The van der Waals surface area contributed by atoms with E-state index in [-0.39, 0.29) is 43.7 Å². The van der Waals surface area contributed by atoms with Gasteiger partial charge in [0.25, 0.3) is 0 Å². The minimum atomic E-state index is -5.00. The van der Waals surface area contributed by atoms with Gasteiger partial charge in [-0.25, -0.2) is 4.79 Å². The van der Waals surface area contributed by atoms with Crippen LogP contribution in [0.25, 0.3) is 0 Å². The molecule has 0 spiro atoms. The maximum absolute atomic E-state index is 13.5. The standard InChI is InChI=1S/C31H31F6NO4/c1-20-16-29(24-11-7-4-8-12-24,38(17-27(20)39)28(40)41-18-22-9-5-3-6-10-22)19-42-21(2)23-13-25(30(32,33)34)15-26(14-23)31(35,36)37/h3-15,20-21,27,39H,16-19H2,1-2H3/t20?,21-,27?,29?/m1/s1. The predicted octanol–water partition coefficient (Wildman–Crippen LogP) is 7.74. The zero-order valence-corrected chi connectivity index (χ0v) is 23.0. The van der Waals surface area contributed by atoms with E-state index >= 15 is 0 Å². The maximum atomic E-state index is 13.5. The topological polar surface area (TPSA) is 59.0 Å². The second-order valence-electron chi connectivity index (χ2n) is 10.6. The largest absolute Gasteiger partial charge is 0.445 e. The van der Waals surface area contributed by atoms with Crippen LogP contribution in [0.3, 0.4) is 0 Å². The number of piperidine rings is 1. The molecule has 1 N–H and O–H groups in total. The minimum absolute atomic E-state index is 0.0472. The van der Waals surface area contributed by atoms with Crippen molar-refractivity contribution in [2.45, 2.75) is 57.0 Å². The molecule has 0 bridgehead atoms. The Morgan fingerprint density at radius 2 is 1.50 bits per heavy atom. The van der Waals surface area contributed by atoms with Crippen molar-refractivity contribution in [3.63, 3.8) is 0 Å². The molecule has 11 heteroatoms. The van der Waals surface area contributed by atoms with E-state index in [0.717, 1.165) is 5.56 Å². The first-order chi connectivity index (χ1) is 19.7. The van der Waals surface area contributed by atoms with Crippen LogP contribution in [0.15, 0.2) is 78.9 Å². The minimum Gasteiger partial charge on any atom is -0.445 e. The number of hydrogen-bond donors (Lipinski definition) is 1. The molecule has 1 aliphatic heterocycles. The van der Waals surface area contributed by atoms with Gasteiger partial charge in [0.2, 0.25) is 0 Å². The van der Waals surface area contributed by atoms with Crippen LogP contribution >= 0.6 is 0 Å². The van der Waals surface area contributed by atoms with E-state index in [4.69, 9.17) is 9.47 Å². The lowest BCUT2D eigenvalue weighted by molar-refractivity contribution is -0.143. The number of nitrogens with zero attached hydrogens (tertiary/aromatic N) is 1. The Labute approximate surface area is 239 Å². The van der Waals surface area contributed by atoms with Gasteiger partial charge < -0.3 is 14.6 Å². The van der Waals surface area contributed by atoms with Gasteiger partial charge in [0, 0.05) is 0 Å². The summed E-state index contributed by atoms with van der Waals surface area (Å²) < 4.78 is 92.5. The third-order valence-corrected chi connectivity index (χ3v) is 7.59. The van der Waals surface area contributed by atoms with Crippen LogP contribution < -0.4 is 0 Å². The second-order valence-corrected chi connectivity index (χ2v) is 10.6. The number of carbonyl (C=O) groups is 1. The maximum Gasteiger partial charge on any atom is 0.416 e. The Hall–Kier alpha value is -3.57. The highest BCUT2D eigenvalue weighted by Gasteiger charge is 2.49. The van der Waals surface area contributed by atoms with Crippen molar-refractivity contribution >= 4 is 6.09 Å². The van der Waals surface area contributed by atoms with Crippen molar-refractivity contribution in [3.8, 4) is 0 Å². The Morgan fingerprint density at radius 1 is 0.952 bits per heavy atom.